The second kappa shape index (κ2) is 115. The lowest BCUT2D eigenvalue weighted by Crippen LogP contribution is -2.16. The fraction of sp³-hybridized carbons (Fsp3) is 0.760. The van der Waals surface area contributed by atoms with Crippen molar-refractivity contribution in [1.82, 2.24) is 5.32 Å². The maximum atomic E-state index is 8.69. The van der Waals surface area contributed by atoms with Gasteiger partial charge in [-0.25, -0.2) is 0 Å². The molecule has 6 heteroatoms. The Hall–Kier alpha value is -0.790. The molecule has 0 aromatic heterocycles. The van der Waals surface area contributed by atoms with Crippen molar-refractivity contribution < 1.29 is 9.66 Å². The summed E-state index contributed by atoms with van der Waals surface area (Å²) in [5.41, 5.74) is 5.54. The first kappa shape index (κ1) is 57.3. The summed E-state index contributed by atoms with van der Waals surface area (Å²) in [6, 6.07) is 7.58. The molecule has 1 aromatic rings. The zero-order valence-corrected chi connectivity index (χ0v) is 25.4. The number of benzene rings is 1. The van der Waals surface area contributed by atoms with Gasteiger partial charge in [0.05, 0.1) is 6.67 Å². The highest BCUT2D eigenvalue weighted by molar-refractivity contribution is 7.93. The summed E-state index contributed by atoms with van der Waals surface area (Å²) in [4.78, 5) is 0.852. The third-order valence-corrected chi connectivity index (χ3v) is 1.91. The molecule has 0 heterocycles. The molecule has 6 N–H and O–H groups in total. The fourth-order valence-corrected chi connectivity index (χ4v) is 1.08. The second-order valence-corrected chi connectivity index (χ2v) is 3.68. The summed E-state index contributed by atoms with van der Waals surface area (Å²) in [6.45, 7) is 29.0. The SMILES string of the molecule is CC.CC.CC.CC.CC.CC.CCC.CN.CNCNc1ccc(SO)cc1.CO. The number of rotatable bonds is 4. The number of anilines is 1. The summed E-state index contributed by atoms with van der Waals surface area (Å²) in [5.74, 6) is 0. The highest BCUT2D eigenvalue weighted by atomic mass is 32.2. The summed E-state index contributed by atoms with van der Waals surface area (Å²) in [6.07, 6.45) is 1.25. The van der Waals surface area contributed by atoms with Crippen LogP contribution in [0.5, 0.6) is 0 Å². The first-order chi connectivity index (χ1) is 15.3. The molecule has 1 rings (SSSR count). The molecule has 0 aliphatic rings. The van der Waals surface area contributed by atoms with Crippen LogP contribution < -0.4 is 16.4 Å². The largest absolute Gasteiger partial charge is 0.400 e. The van der Waals surface area contributed by atoms with Crippen LogP contribution in [0.15, 0.2) is 29.2 Å². The van der Waals surface area contributed by atoms with Crippen LogP contribution in [0.4, 0.5) is 5.69 Å². The fourth-order valence-electron chi connectivity index (χ4n) is 0.824. The quantitative estimate of drug-likeness (QED) is 0.223. The van der Waals surface area contributed by atoms with Gasteiger partial charge in [0.1, 0.15) is 0 Å². The topological polar surface area (TPSA) is 90.5 Å². The Kier molecular flexibility index (Phi) is 213. The molecule has 0 bridgehead atoms. The molecule has 0 unspecified atom stereocenters. The van der Waals surface area contributed by atoms with Gasteiger partial charge in [-0.05, 0) is 38.4 Å². The molecule has 0 aliphatic heterocycles. The van der Waals surface area contributed by atoms with Crippen LogP contribution in [-0.4, -0.2) is 37.5 Å². The van der Waals surface area contributed by atoms with Gasteiger partial charge in [0.2, 0.25) is 0 Å². The van der Waals surface area contributed by atoms with E-state index in [1.165, 1.54) is 13.5 Å². The Morgan fingerprint density at radius 1 is 0.710 bits per heavy atom. The number of hydrogen-bond acceptors (Lipinski definition) is 6. The zero-order valence-electron chi connectivity index (χ0n) is 24.6. The Bertz CT molecular complexity index is 251. The number of hydrogen-bond donors (Lipinski definition) is 5. The van der Waals surface area contributed by atoms with Crippen molar-refractivity contribution in [3.05, 3.63) is 24.3 Å². The van der Waals surface area contributed by atoms with Crippen LogP contribution in [0.3, 0.4) is 0 Å². The lowest BCUT2D eigenvalue weighted by Gasteiger charge is -2.04. The standard InChI is InChI=1S/C8H12N2OS.C3H8.6C2H6.CH5N.CH4O/c1-9-6-10-7-2-4-8(12-11)5-3-7;1-3-2;8*1-2/h2-5,9-11H,6H2,1H3;3H2,1-2H3;6*1-2H3;2H2,1H3;2H,1H3. The average molecular weight is 472 g/mol. The van der Waals surface area contributed by atoms with Crippen molar-refractivity contribution in [3.8, 4) is 0 Å². The highest BCUT2D eigenvalue weighted by Gasteiger charge is 1.91. The smallest absolute Gasteiger partial charge is 0.0650 e. The average Bonchev–Trinajstić information content (AvgIpc) is 2.93. The van der Waals surface area contributed by atoms with E-state index in [4.69, 9.17) is 9.66 Å². The molecule has 0 fully saturated rings. The molecule has 5 nitrogen and oxygen atoms in total. The molecule has 0 aliphatic carbocycles. The maximum Gasteiger partial charge on any atom is 0.0650 e. The summed E-state index contributed by atoms with van der Waals surface area (Å²) < 4.78 is 8.69. The van der Waals surface area contributed by atoms with Gasteiger partial charge in [0, 0.05) is 29.7 Å². The molecule has 0 saturated heterocycles. The molecule has 198 valence electrons. The van der Waals surface area contributed by atoms with Gasteiger partial charge in [-0.2, -0.15) is 0 Å². The van der Waals surface area contributed by atoms with Gasteiger partial charge in [-0.15, -0.1) is 0 Å². The van der Waals surface area contributed by atoms with Crippen molar-refractivity contribution in [2.24, 2.45) is 5.73 Å². The van der Waals surface area contributed by atoms with Crippen molar-refractivity contribution >= 4 is 17.7 Å². The Labute approximate surface area is 204 Å². The first-order valence-electron chi connectivity index (χ1n) is 12.1. The molecule has 0 spiro atoms. The van der Waals surface area contributed by atoms with Gasteiger partial charge in [0.15, 0.2) is 0 Å². The van der Waals surface area contributed by atoms with E-state index in [1.807, 2.05) is 114 Å². The zero-order chi connectivity index (χ0) is 27.5. The summed E-state index contributed by atoms with van der Waals surface area (Å²) in [5, 5.41) is 13.1. The lowest BCUT2D eigenvalue weighted by atomic mass is 10.3. The molecule has 0 amide bonds. The minimum atomic E-state index is 0.742. The molecular weight excluding hydrogens is 406 g/mol. The number of aliphatic hydroxyl groups is 1. The molecule has 0 saturated carbocycles. The van der Waals surface area contributed by atoms with E-state index < -0.39 is 0 Å². The van der Waals surface area contributed by atoms with Crippen LogP contribution in [-0.2, 0) is 0 Å². The monoisotopic (exact) mass is 471 g/mol. The minimum Gasteiger partial charge on any atom is -0.400 e. The van der Waals surface area contributed by atoms with Crippen LogP contribution >= 0.6 is 12.0 Å². The van der Waals surface area contributed by atoms with E-state index in [1.54, 1.807) is 0 Å². The Morgan fingerprint density at radius 3 is 1.16 bits per heavy atom. The van der Waals surface area contributed by atoms with Crippen LogP contribution in [0.25, 0.3) is 0 Å². The van der Waals surface area contributed by atoms with Crippen molar-refractivity contribution in [3.63, 3.8) is 0 Å². The maximum absolute atomic E-state index is 8.69. The third-order valence-electron chi connectivity index (χ3n) is 1.43. The van der Waals surface area contributed by atoms with Gasteiger partial charge >= 0.3 is 0 Å². The second-order valence-electron chi connectivity index (χ2n) is 3.03. The Morgan fingerprint density at radius 2 is 0.968 bits per heavy atom. The third kappa shape index (κ3) is 93.5. The molecule has 0 atom stereocenters. The van der Waals surface area contributed by atoms with Gasteiger partial charge < -0.3 is 26.0 Å². The van der Waals surface area contributed by atoms with Gasteiger partial charge in [-0.3, -0.25) is 0 Å². The number of nitrogens with two attached hydrogens (primary N) is 1. The highest BCUT2D eigenvalue weighted by Crippen LogP contribution is 2.16. The first-order valence-corrected chi connectivity index (χ1v) is 12.9. The lowest BCUT2D eigenvalue weighted by molar-refractivity contribution is 0.399. The van der Waals surface area contributed by atoms with Crippen molar-refractivity contribution in [2.45, 2.75) is 108 Å². The van der Waals surface area contributed by atoms with E-state index in [0.717, 1.165) is 36.4 Å². The van der Waals surface area contributed by atoms with E-state index in [2.05, 4.69) is 30.2 Å². The minimum absolute atomic E-state index is 0.742. The summed E-state index contributed by atoms with van der Waals surface area (Å²) in [7, 11) is 4.38. The number of aliphatic hydroxyl groups excluding tert-OH is 1. The summed E-state index contributed by atoms with van der Waals surface area (Å²) >= 11 is 0.758. The van der Waals surface area contributed by atoms with Gasteiger partial charge in [0.25, 0.3) is 0 Å². The van der Waals surface area contributed by atoms with E-state index in [9.17, 15) is 0 Å². The van der Waals surface area contributed by atoms with E-state index in [0.29, 0.717) is 0 Å². The Balaban J connectivity index is -0.0000000308. The van der Waals surface area contributed by atoms with Crippen molar-refractivity contribution in [1.29, 1.82) is 0 Å². The van der Waals surface area contributed by atoms with Crippen LogP contribution in [0.1, 0.15) is 103 Å². The molecule has 1 aromatic carbocycles. The predicted molar refractivity (Wildman–Crippen MR) is 155 cm³/mol. The predicted octanol–water partition coefficient (Wildman–Crippen LogP) is 8.60. The van der Waals surface area contributed by atoms with E-state index in [-0.39, 0.29) is 0 Å². The molecule has 31 heavy (non-hydrogen) atoms. The van der Waals surface area contributed by atoms with E-state index >= 15 is 0 Å². The molecule has 0 radical (unpaired) electrons. The number of nitrogens with one attached hydrogen (secondary N) is 2. The van der Waals surface area contributed by atoms with Gasteiger partial charge in [-0.1, -0.05) is 103 Å². The van der Waals surface area contributed by atoms with Crippen LogP contribution in [0, 0.1) is 0 Å². The molecular formula is C25H65N3O2S. The normalized spacial score (nSPS) is 5.94. The van der Waals surface area contributed by atoms with Crippen LogP contribution in [0.2, 0.25) is 0 Å². The van der Waals surface area contributed by atoms with Crippen molar-refractivity contribution in [2.75, 3.05) is 33.2 Å².